The molecular formula is C20H22N4O2S2. The molecule has 1 N–H and O–H groups in total. The Labute approximate surface area is 172 Å². The van der Waals surface area contributed by atoms with E-state index in [-0.39, 0.29) is 5.91 Å². The number of ether oxygens (including phenoxy) is 1. The summed E-state index contributed by atoms with van der Waals surface area (Å²) in [5, 5.41) is 9.17. The number of likely N-dealkylation sites (tertiary alicyclic amines) is 1. The molecule has 1 amide bonds. The third-order valence-corrected chi connectivity index (χ3v) is 6.35. The van der Waals surface area contributed by atoms with E-state index in [2.05, 4.69) is 22.3 Å². The zero-order valence-electron chi connectivity index (χ0n) is 15.6. The van der Waals surface area contributed by atoms with Gasteiger partial charge in [0, 0.05) is 32.0 Å². The van der Waals surface area contributed by atoms with Gasteiger partial charge >= 0.3 is 0 Å². The first-order valence-corrected chi connectivity index (χ1v) is 10.6. The van der Waals surface area contributed by atoms with Gasteiger partial charge in [-0.15, -0.1) is 11.3 Å². The van der Waals surface area contributed by atoms with Gasteiger partial charge < -0.3 is 9.64 Å². The summed E-state index contributed by atoms with van der Waals surface area (Å²) in [4.78, 5) is 15.8. The van der Waals surface area contributed by atoms with Crippen molar-refractivity contribution in [3.8, 4) is 16.5 Å². The first kappa shape index (κ1) is 18.9. The van der Waals surface area contributed by atoms with Gasteiger partial charge in [-0.25, -0.2) is 0 Å². The van der Waals surface area contributed by atoms with Gasteiger partial charge in [-0.1, -0.05) is 18.2 Å². The number of benzene rings is 1. The van der Waals surface area contributed by atoms with Crippen LogP contribution in [0.2, 0.25) is 0 Å². The average molecular weight is 415 g/mol. The number of aromatic amines is 1. The molecule has 3 heterocycles. The Kier molecular flexibility index (Phi) is 5.59. The van der Waals surface area contributed by atoms with Crippen molar-refractivity contribution in [2.75, 3.05) is 20.2 Å². The van der Waals surface area contributed by atoms with E-state index in [9.17, 15) is 4.79 Å². The van der Waals surface area contributed by atoms with E-state index in [1.807, 2.05) is 39.1 Å². The third-order valence-electron chi connectivity index (χ3n) is 5.18. The van der Waals surface area contributed by atoms with Crippen molar-refractivity contribution in [2.24, 2.45) is 0 Å². The lowest BCUT2D eigenvalue weighted by molar-refractivity contribution is -0.130. The Morgan fingerprint density at radius 2 is 2.18 bits per heavy atom. The minimum Gasteiger partial charge on any atom is -0.497 e. The largest absolute Gasteiger partial charge is 0.497 e. The predicted molar refractivity (Wildman–Crippen MR) is 112 cm³/mol. The highest BCUT2D eigenvalue weighted by molar-refractivity contribution is 7.71. The summed E-state index contributed by atoms with van der Waals surface area (Å²) in [7, 11) is 1.67. The molecule has 1 atom stereocenters. The molecule has 0 bridgehead atoms. The van der Waals surface area contributed by atoms with Crippen LogP contribution in [-0.4, -0.2) is 45.8 Å². The van der Waals surface area contributed by atoms with Crippen LogP contribution in [0.1, 0.15) is 24.3 Å². The molecular weight excluding hydrogens is 392 g/mol. The summed E-state index contributed by atoms with van der Waals surface area (Å²) in [5.74, 6) is 2.20. The molecule has 0 aliphatic carbocycles. The predicted octanol–water partition coefficient (Wildman–Crippen LogP) is 4.08. The van der Waals surface area contributed by atoms with Crippen molar-refractivity contribution in [3.05, 3.63) is 52.1 Å². The molecule has 1 saturated heterocycles. The van der Waals surface area contributed by atoms with Crippen molar-refractivity contribution >= 4 is 29.5 Å². The number of nitrogens with one attached hydrogen (secondary N) is 1. The Morgan fingerprint density at radius 1 is 1.36 bits per heavy atom. The lowest BCUT2D eigenvalue weighted by Crippen LogP contribution is -2.29. The van der Waals surface area contributed by atoms with Crippen molar-refractivity contribution in [3.63, 3.8) is 0 Å². The first-order valence-electron chi connectivity index (χ1n) is 9.26. The quantitative estimate of drug-likeness (QED) is 0.617. The number of thiophene rings is 1. The molecule has 1 unspecified atom stereocenters. The molecule has 1 aromatic carbocycles. The maximum absolute atomic E-state index is 12.8. The van der Waals surface area contributed by atoms with Crippen molar-refractivity contribution in [1.82, 2.24) is 19.7 Å². The van der Waals surface area contributed by atoms with E-state index in [0.717, 1.165) is 36.0 Å². The number of H-pyrrole nitrogens is 1. The normalized spacial score (nSPS) is 16.5. The van der Waals surface area contributed by atoms with E-state index in [1.54, 1.807) is 18.4 Å². The van der Waals surface area contributed by atoms with E-state index < -0.39 is 0 Å². The molecule has 146 valence electrons. The molecule has 3 aromatic rings. The van der Waals surface area contributed by atoms with Crippen molar-refractivity contribution in [1.29, 1.82) is 0 Å². The Morgan fingerprint density at radius 3 is 2.89 bits per heavy atom. The summed E-state index contributed by atoms with van der Waals surface area (Å²) >= 11 is 6.96. The molecule has 0 spiro atoms. The fourth-order valence-electron chi connectivity index (χ4n) is 3.62. The van der Waals surface area contributed by atoms with Crippen LogP contribution in [0.4, 0.5) is 0 Å². The van der Waals surface area contributed by atoms with Crippen LogP contribution in [0.15, 0.2) is 41.8 Å². The summed E-state index contributed by atoms with van der Waals surface area (Å²) in [5.41, 5.74) is 1.26. The number of hydrogen-bond acceptors (Lipinski definition) is 5. The van der Waals surface area contributed by atoms with Crippen LogP contribution in [0.25, 0.3) is 10.7 Å². The smallest absolute Gasteiger partial charge is 0.224 e. The second kappa shape index (κ2) is 8.28. The van der Waals surface area contributed by atoms with Gasteiger partial charge in [0.15, 0.2) is 10.6 Å². The monoisotopic (exact) mass is 414 g/mol. The number of hydrogen-bond donors (Lipinski definition) is 1. The highest BCUT2D eigenvalue weighted by Gasteiger charge is 2.27. The highest BCUT2D eigenvalue weighted by Crippen LogP contribution is 2.29. The zero-order valence-corrected chi connectivity index (χ0v) is 17.3. The number of nitrogens with zero attached hydrogens (tertiary/aromatic N) is 3. The number of carbonyl (C=O) groups is 1. The molecule has 0 saturated carbocycles. The van der Waals surface area contributed by atoms with Gasteiger partial charge in [-0.2, -0.15) is 5.10 Å². The number of carbonyl (C=O) groups excluding carboxylic acids is 1. The fraction of sp³-hybridized carbons (Fsp3) is 0.350. The summed E-state index contributed by atoms with van der Waals surface area (Å²) in [6.07, 6.45) is 1.41. The van der Waals surface area contributed by atoms with Crippen LogP contribution in [0.5, 0.6) is 5.75 Å². The topological polar surface area (TPSA) is 63.1 Å². The summed E-state index contributed by atoms with van der Waals surface area (Å²) in [6, 6.07) is 12.1. The maximum atomic E-state index is 12.8. The molecule has 6 nitrogen and oxygen atoms in total. The molecule has 28 heavy (non-hydrogen) atoms. The SMILES string of the molecule is COc1ccc(C2CCN(C(=O)CCn3c(-c4cccs4)n[nH]c3=S)C2)cc1. The minimum atomic E-state index is 0.163. The number of aromatic nitrogens is 3. The van der Waals surface area contributed by atoms with Gasteiger partial charge in [0.1, 0.15) is 5.75 Å². The number of methoxy groups -OCH3 is 1. The fourth-order valence-corrected chi connectivity index (χ4v) is 4.57. The van der Waals surface area contributed by atoms with Crippen LogP contribution < -0.4 is 4.74 Å². The summed E-state index contributed by atoms with van der Waals surface area (Å²) < 4.78 is 7.68. The van der Waals surface area contributed by atoms with Crippen molar-refractivity contribution in [2.45, 2.75) is 25.3 Å². The molecule has 4 rings (SSSR count). The average Bonchev–Trinajstić information content (AvgIpc) is 3.47. The molecule has 1 aliphatic rings. The number of rotatable bonds is 6. The van der Waals surface area contributed by atoms with Gasteiger partial charge in [0.25, 0.3) is 0 Å². The van der Waals surface area contributed by atoms with Crippen molar-refractivity contribution < 1.29 is 9.53 Å². The molecule has 2 aromatic heterocycles. The number of amides is 1. The Balaban J connectivity index is 1.38. The molecule has 1 fully saturated rings. The third kappa shape index (κ3) is 3.88. The van der Waals surface area contributed by atoms with Crippen LogP contribution in [0.3, 0.4) is 0 Å². The van der Waals surface area contributed by atoms with E-state index in [0.29, 0.717) is 23.7 Å². The van der Waals surface area contributed by atoms with Gasteiger partial charge in [-0.05, 0) is 47.8 Å². The van der Waals surface area contributed by atoms with Gasteiger partial charge in [-0.3, -0.25) is 14.5 Å². The second-order valence-corrected chi connectivity index (χ2v) is 8.16. The van der Waals surface area contributed by atoms with E-state index in [4.69, 9.17) is 17.0 Å². The van der Waals surface area contributed by atoms with Gasteiger partial charge in [0.05, 0.1) is 12.0 Å². The van der Waals surface area contributed by atoms with Crippen LogP contribution in [-0.2, 0) is 11.3 Å². The lowest BCUT2D eigenvalue weighted by atomic mass is 9.98. The Bertz CT molecular complexity index is 992. The standard InChI is InChI=1S/C20H22N4O2S2/c1-26-16-6-4-14(5-7-16)15-8-10-23(13-15)18(25)9-11-24-19(21-22-20(24)27)17-3-2-12-28-17/h2-7,12,15H,8-11,13H2,1H3,(H,22,27). The lowest BCUT2D eigenvalue weighted by Gasteiger charge is -2.17. The van der Waals surface area contributed by atoms with Crippen LogP contribution in [0, 0.1) is 4.77 Å². The van der Waals surface area contributed by atoms with E-state index >= 15 is 0 Å². The molecule has 1 aliphatic heterocycles. The van der Waals surface area contributed by atoms with Crippen LogP contribution >= 0.6 is 23.6 Å². The minimum absolute atomic E-state index is 0.163. The summed E-state index contributed by atoms with van der Waals surface area (Å²) in [6.45, 7) is 2.09. The highest BCUT2D eigenvalue weighted by atomic mass is 32.1. The maximum Gasteiger partial charge on any atom is 0.224 e. The molecule has 8 heteroatoms. The van der Waals surface area contributed by atoms with E-state index in [1.165, 1.54) is 5.56 Å². The first-order chi connectivity index (χ1) is 13.7. The Hall–Kier alpha value is -2.45. The molecule has 0 radical (unpaired) electrons. The zero-order chi connectivity index (χ0) is 19.5. The second-order valence-electron chi connectivity index (χ2n) is 6.83. The van der Waals surface area contributed by atoms with Gasteiger partial charge in [0.2, 0.25) is 5.91 Å².